The lowest BCUT2D eigenvalue weighted by molar-refractivity contribution is 0.0782. The van der Waals surface area contributed by atoms with Crippen molar-refractivity contribution in [3.05, 3.63) is 54.2 Å². The molecule has 0 N–H and O–H groups in total. The number of nitrogens with zero attached hydrogens (tertiary/aromatic N) is 5. The Bertz CT molecular complexity index is 888. The van der Waals surface area contributed by atoms with Gasteiger partial charge in [0.1, 0.15) is 17.8 Å². The molecule has 24 heavy (non-hydrogen) atoms. The predicted molar refractivity (Wildman–Crippen MR) is 90.7 cm³/mol. The fourth-order valence-corrected chi connectivity index (χ4v) is 3.33. The minimum absolute atomic E-state index is 0.00521. The second-order valence-corrected chi connectivity index (χ2v) is 6.09. The van der Waals surface area contributed by atoms with Crippen LogP contribution in [0.4, 0.5) is 0 Å². The van der Waals surface area contributed by atoms with Crippen molar-refractivity contribution in [3.8, 4) is 0 Å². The van der Waals surface area contributed by atoms with Crippen LogP contribution in [0.25, 0.3) is 10.9 Å². The highest BCUT2D eigenvalue weighted by Gasteiger charge is 2.29. The first kappa shape index (κ1) is 14.8. The number of carbonyl (C=O) groups excluding carboxylic acids is 1. The van der Waals surface area contributed by atoms with E-state index < -0.39 is 0 Å². The number of aryl methyl sites for hydroxylation is 1. The van der Waals surface area contributed by atoms with E-state index in [1.807, 2.05) is 41.3 Å². The lowest BCUT2D eigenvalue weighted by Crippen LogP contribution is -2.30. The number of benzene rings is 1. The number of carbonyl (C=O) groups is 1. The van der Waals surface area contributed by atoms with Crippen molar-refractivity contribution in [2.45, 2.75) is 25.8 Å². The average Bonchev–Trinajstić information content (AvgIpc) is 3.29. The van der Waals surface area contributed by atoms with Gasteiger partial charge in [0, 0.05) is 24.9 Å². The topological polar surface area (TPSA) is 63.9 Å². The highest BCUT2D eigenvalue weighted by atomic mass is 16.2. The van der Waals surface area contributed by atoms with Gasteiger partial charge in [-0.2, -0.15) is 0 Å². The molecule has 1 aliphatic heterocycles. The lowest BCUT2D eigenvalue weighted by atomic mass is 10.2. The third kappa shape index (κ3) is 2.54. The Kier molecular flexibility index (Phi) is 3.72. The number of pyridine rings is 1. The Labute approximate surface area is 140 Å². The van der Waals surface area contributed by atoms with Gasteiger partial charge in [-0.1, -0.05) is 31.2 Å². The van der Waals surface area contributed by atoms with E-state index in [1.54, 1.807) is 6.33 Å². The Hall–Kier alpha value is -2.76. The van der Waals surface area contributed by atoms with Crippen LogP contribution in [0.3, 0.4) is 0 Å². The molecule has 2 aromatic heterocycles. The highest BCUT2D eigenvalue weighted by molar-refractivity contribution is 5.95. The SMILES string of the molecule is CCc1nncn1[C@H]1CCN(C(=O)c2ccc3ccccc3n2)C1. The molecule has 4 rings (SSSR count). The van der Waals surface area contributed by atoms with E-state index in [0.29, 0.717) is 12.2 Å². The second kappa shape index (κ2) is 6.03. The van der Waals surface area contributed by atoms with Gasteiger partial charge >= 0.3 is 0 Å². The van der Waals surface area contributed by atoms with Gasteiger partial charge in [0.2, 0.25) is 0 Å². The molecule has 1 fully saturated rings. The number of hydrogen-bond acceptors (Lipinski definition) is 4. The standard InChI is InChI=1S/C18H19N5O/c1-2-17-21-19-12-23(17)14-9-10-22(11-14)18(24)16-8-7-13-5-3-4-6-15(13)20-16/h3-8,12,14H,2,9-11H2,1H3/t14-/m0/s1. The molecule has 3 heterocycles. The van der Waals surface area contributed by atoms with Crippen molar-refractivity contribution in [2.75, 3.05) is 13.1 Å². The molecule has 6 nitrogen and oxygen atoms in total. The summed E-state index contributed by atoms with van der Waals surface area (Å²) in [6, 6.07) is 11.9. The normalized spacial score (nSPS) is 17.5. The van der Waals surface area contributed by atoms with Crippen LogP contribution in [0.5, 0.6) is 0 Å². The van der Waals surface area contributed by atoms with Crippen LogP contribution in [0.15, 0.2) is 42.7 Å². The van der Waals surface area contributed by atoms with Gasteiger partial charge in [-0.25, -0.2) is 4.98 Å². The molecule has 1 aliphatic rings. The molecule has 1 aromatic carbocycles. The summed E-state index contributed by atoms with van der Waals surface area (Å²) in [6.45, 7) is 3.48. The van der Waals surface area contributed by atoms with Gasteiger partial charge < -0.3 is 9.47 Å². The number of hydrogen-bond donors (Lipinski definition) is 0. The summed E-state index contributed by atoms with van der Waals surface area (Å²) in [4.78, 5) is 19.2. The summed E-state index contributed by atoms with van der Waals surface area (Å²) in [5.41, 5.74) is 1.36. The minimum Gasteiger partial charge on any atom is -0.335 e. The summed E-state index contributed by atoms with van der Waals surface area (Å²) in [6.07, 6.45) is 3.53. The maximum absolute atomic E-state index is 12.8. The van der Waals surface area contributed by atoms with E-state index in [0.717, 1.165) is 36.1 Å². The quantitative estimate of drug-likeness (QED) is 0.743. The first-order chi connectivity index (χ1) is 11.8. The third-order valence-corrected chi connectivity index (χ3v) is 4.62. The number of fused-ring (bicyclic) bond motifs is 1. The van der Waals surface area contributed by atoms with Gasteiger partial charge in [0.25, 0.3) is 5.91 Å². The number of aromatic nitrogens is 4. The predicted octanol–water partition coefficient (Wildman–Crippen LogP) is 2.48. The third-order valence-electron chi connectivity index (χ3n) is 4.62. The number of amides is 1. The van der Waals surface area contributed by atoms with Crippen LogP contribution in [-0.4, -0.2) is 43.6 Å². The summed E-state index contributed by atoms with van der Waals surface area (Å²) >= 11 is 0. The fourth-order valence-electron chi connectivity index (χ4n) is 3.33. The molecule has 6 heteroatoms. The van der Waals surface area contributed by atoms with E-state index in [9.17, 15) is 4.79 Å². The van der Waals surface area contributed by atoms with E-state index in [1.165, 1.54) is 0 Å². The monoisotopic (exact) mass is 321 g/mol. The maximum atomic E-state index is 12.8. The number of para-hydroxylation sites is 1. The smallest absolute Gasteiger partial charge is 0.272 e. The minimum atomic E-state index is -0.00521. The fraction of sp³-hybridized carbons (Fsp3) is 0.333. The van der Waals surface area contributed by atoms with Crippen molar-refractivity contribution in [2.24, 2.45) is 0 Å². The van der Waals surface area contributed by atoms with E-state index in [-0.39, 0.29) is 11.9 Å². The molecule has 0 saturated carbocycles. The first-order valence-electron chi connectivity index (χ1n) is 8.29. The molecule has 3 aromatic rings. The molecule has 1 saturated heterocycles. The van der Waals surface area contributed by atoms with Gasteiger partial charge in [-0.15, -0.1) is 10.2 Å². The molecule has 0 spiro atoms. The molecule has 1 amide bonds. The van der Waals surface area contributed by atoms with Crippen LogP contribution in [0, 0.1) is 0 Å². The van der Waals surface area contributed by atoms with E-state index in [2.05, 4.69) is 26.7 Å². The van der Waals surface area contributed by atoms with Gasteiger partial charge in [0.15, 0.2) is 0 Å². The zero-order chi connectivity index (χ0) is 16.5. The van der Waals surface area contributed by atoms with Crippen LogP contribution < -0.4 is 0 Å². The zero-order valence-corrected chi connectivity index (χ0v) is 13.6. The summed E-state index contributed by atoms with van der Waals surface area (Å²) in [5.74, 6) is 0.965. The van der Waals surface area contributed by atoms with E-state index >= 15 is 0 Å². The molecule has 0 unspecified atom stereocenters. The lowest BCUT2D eigenvalue weighted by Gasteiger charge is -2.17. The van der Waals surface area contributed by atoms with Crippen molar-refractivity contribution in [3.63, 3.8) is 0 Å². The summed E-state index contributed by atoms with van der Waals surface area (Å²) < 4.78 is 2.10. The van der Waals surface area contributed by atoms with Crippen LogP contribution >= 0.6 is 0 Å². The Morgan fingerprint density at radius 3 is 3.00 bits per heavy atom. The van der Waals surface area contributed by atoms with Crippen molar-refractivity contribution in [1.29, 1.82) is 0 Å². The van der Waals surface area contributed by atoms with E-state index in [4.69, 9.17) is 0 Å². The molecular formula is C18H19N5O. The van der Waals surface area contributed by atoms with Crippen LogP contribution in [0.2, 0.25) is 0 Å². The average molecular weight is 321 g/mol. The second-order valence-electron chi connectivity index (χ2n) is 6.09. The van der Waals surface area contributed by atoms with Crippen LogP contribution in [-0.2, 0) is 6.42 Å². The van der Waals surface area contributed by atoms with Crippen molar-refractivity contribution < 1.29 is 4.79 Å². The van der Waals surface area contributed by atoms with Gasteiger partial charge in [0.05, 0.1) is 11.6 Å². The Morgan fingerprint density at radius 1 is 1.25 bits per heavy atom. The number of likely N-dealkylation sites (tertiary alicyclic amines) is 1. The van der Waals surface area contributed by atoms with Crippen molar-refractivity contribution >= 4 is 16.8 Å². The molecule has 0 aliphatic carbocycles. The molecule has 1 atom stereocenters. The maximum Gasteiger partial charge on any atom is 0.272 e. The zero-order valence-electron chi connectivity index (χ0n) is 13.6. The van der Waals surface area contributed by atoms with Crippen LogP contribution in [0.1, 0.15) is 35.7 Å². The molecular weight excluding hydrogens is 302 g/mol. The molecule has 122 valence electrons. The first-order valence-corrected chi connectivity index (χ1v) is 8.29. The summed E-state index contributed by atoms with van der Waals surface area (Å²) in [5, 5.41) is 9.18. The van der Waals surface area contributed by atoms with Gasteiger partial charge in [-0.05, 0) is 18.6 Å². The molecule has 0 radical (unpaired) electrons. The molecule has 0 bridgehead atoms. The summed E-state index contributed by atoms with van der Waals surface area (Å²) in [7, 11) is 0. The van der Waals surface area contributed by atoms with Gasteiger partial charge in [-0.3, -0.25) is 4.79 Å². The number of rotatable bonds is 3. The highest BCUT2D eigenvalue weighted by Crippen LogP contribution is 2.24. The largest absolute Gasteiger partial charge is 0.335 e. The van der Waals surface area contributed by atoms with Crippen molar-refractivity contribution in [1.82, 2.24) is 24.6 Å². The Balaban J connectivity index is 1.54. The Morgan fingerprint density at radius 2 is 2.12 bits per heavy atom.